The van der Waals surface area contributed by atoms with Crippen LogP contribution in [0, 0.1) is 0 Å². The van der Waals surface area contributed by atoms with Crippen molar-refractivity contribution in [3.63, 3.8) is 0 Å². The molecule has 0 atom stereocenters. The van der Waals surface area contributed by atoms with Crippen LogP contribution in [0.5, 0.6) is 0 Å². The molecule has 11 nitrogen and oxygen atoms in total. The van der Waals surface area contributed by atoms with E-state index in [0.717, 1.165) is 54.0 Å². The summed E-state index contributed by atoms with van der Waals surface area (Å²) in [5.41, 5.74) is 2.59. The number of nitrogens with one attached hydrogen (secondary N) is 2. The van der Waals surface area contributed by atoms with Gasteiger partial charge in [-0.3, -0.25) is 0 Å². The van der Waals surface area contributed by atoms with Gasteiger partial charge in [-0.05, 0) is 49.3 Å². The van der Waals surface area contributed by atoms with E-state index in [0.29, 0.717) is 37.2 Å². The minimum absolute atomic E-state index is 0.137. The fourth-order valence-electron chi connectivity index (χ4n) is 4.64. The minimum atomic E-state index is -0.286. The predicted octanol–water partition coefficient (Wildman–Crippen LogP) is 2.65. The molecule has 12 heteroatoms. The first-order valence-corrected chi connectivity index (χ1v) is 12.5. The Kier molecular flexibility index (Phi) is 7.14. The number of nitrogens with zero attached hydrogens (tertiary/aromatic N) is 6. The van der Waals surface area contributed by atoms with Gasteiger partial charge >= 0.3 is 6.09 Å². The summed E-state index contributed by atoms with van der Waals surface area (Å²) >= 11 is 5.20. The Morgan fingerprint density at radius 1 is 1.11 bits per heavy atom. The first-order chi connectivity index (χ1) is 17.6. The van der Waals surface area contributed by atoms with E-state index in [1.165, 1.54) is 7.11 Å². The molecule has 0 aliphatic carbocycles. The molecule has 4 heterocycles. The summed E-state index contributed by atoms with van der Waals surface area (Å²) in [6, 6.07) is 8.03. The van der Waals surface area contributed by atoms with Crippen LogP contribution in [0.3, 0.4) is 0 Å². The largest absolute Gasteiger partial charge is 0.453 e. The van der Waals surface area contributed by atoms with Gasteiger partial charge in [0, 0.05) is 44.5 Å². The van der Waals surface area contributed by atoms with E-state index in [9.17, 15) is 4.79 Å². The Bertz CT molecular complexity index is 1230. The van der Waals surface area contributed by atoms with Gasteiger partial charge in [0.1, 0.15) is 5.82 Å². The average Bonchev–Trinajstić information content (AvgIpc) is 3.37. The molecule has 0 spiro atoms. The zero-order chi connectivity index (χ0) is 25.1. The van der Waals surface area contributed by atoms with Crippen LogP contribution in [0.25, 0.3) is 22.4 Å². The molecule has 3 aromatic rings. The molecule has 1 amide bonds. The van der Waals surface area contributed by atoms with Gasteiger partial charge in [-0.25, -0.2) is 19.4 Å². The lowest BCUT2D eigenvalue weighted by Crippen LogP contribution is -2.39. The summed E-state index contributed by atoms with van der Waals surface area (Å²) in [4.78, 5) is 25.9. The number of carbonyl (C=O) groups excluding carboxylic acids is 1. The molecule has 0 bridgehead atoms. The van der Waals surface area contributed by atoms with Gasteiger partial charge in [0.05, 0.1) is 37.9 Å². The summed E-state index contributed by atoms with van der Waals surface area (Å²) in [5.74, 6) is 1.51. The Morgan fingerprint density at radius 3 is 2.50 bits per heavy atom. The van der Waals surface area contributed by atoms with Gasteiger partial charge < -0.3 is 29.9 Å². The number of fused-ring (bicyclic) bond motifs is 1. The Morgan fingerprint density at radius 2 is 1.83 bits per heavy atom. The molecular formula is C24H30N8O3S. The predicted molar refractivity (Wildman–Crippen MR) is 141 cm³/mol. The monoisotopic (exact) mass is 510 g/mol. The van der Waals surface area contributed by atoms with Crippen LogP contribution in [0.4, 0.5) is 16.3 Å². The standard InChI is InChI=1S/C24H30N8O3S/c1-25-23(36)27-17-5-3-16(4-6-17)20-28-21(30-11-13-35-14-12-30)19-15-26-32(22(19)29-20)18-7-9-31(10-8-18)24(33)34-2/h3-6,15,18H,7-14H2,1-2H3,(H2,25,27,36). The molecule has 190 valence electrons. The van der Waals surface area contributed by atoms with Gasteiger partial charge in [-0.15, -0.1) is 0 Å². The zero-order valence-electron chi connectivity index (χ0n) is 20.4. The molecule has 2 aliphatic heterocycles. The smallest absolute Gasteiger partial charge is 0.409 e. The SMILES string of the molecule is CNC(=S)Nc1ccc(-c2nc(N3CCOCC3)c3cnn(C4CCN(C(=O)OC)CC4)c3n2)cc1. The van der Waals surface area contributed by atoms with E-state index in [1.807, 2.05) is 35.1 Å². The number of amides is 1. The highest BCUT2D eigenvalue weighted by Crippen LogP contribution is 2.32. The third kappa shape index (κ3) is 4.91. The number of piperidine rings is 1. The molecule has 2 saturated heterocycles. The van der Waals surface area contributed by atoms with Crippen LogP contribution in [-0.4, -0.2) is 89.4 Å². The summed E-state index contributed by atoms with van der Waals surface area (Å²) < 4.78 is 12.5. The van der Waals surface area contributed by atoms with E-state index in [1.54, 1.807) is 11.9 Å². The van der Waals surface area contributed by atoms with Gasteiger partial charge in [-0.1, -0.05) is 0 Å². The average molecular weight is 511 g/mol. The lowest BCUT2D eigenvalue weighted by Gasteiger charge is -2.31. The number of anilines is 2. The molecular weight excluding hydrogens is 480 g/mol. The fraction of sp³-hybridized carbons (Fsp3) is 0.458. The molecule has 2 fully saturated rings. The Hall–Kier alpha value is -3.51. The topological polar surface area (TPSA) is 110 Å². The normalized spacial score (nSPS) is 16.7. The molecule has 2 aromatic heterocycles. The maximum absolute atomic E-state index is 11.9. The van der Waals surface area contributed by atoms with Crippen molar-refractivity contribution in [2.24, 2.45) is 0 Å². The summed E-state index contributed by atoms with van der Waals surface area (Å²) in [6.07, 6.45) is 3.14. The number of likely N-dealkylation sites (tertiary alicyclic amines) is 1. The number of morpholine rings is 1. The quantitative estimate of drug-likeness (QED) is 0.509. The fourth-order valence-corrected chi connectivity index (χ4v) is 4.76. The van der Waals surface area contributed by atoms with E-state index in [4.69, 9.17) is 36.8 Å². The van der Waals surface area contributed by atoms with Gasteiger partial charge in [0.15, 0.2) is 16.6 Å². The van der Waals surface area contributed by atoms with Crippen molar-refractivity contribution < 1.29 is 14.3 Å². The Balaban J connectivity index is 1.50. The maximum Gasteiger partial charge on any atom is 0.409 e. The van der Waals surface area contributed by atoms with Crippen molar-refractivity contribution in [2.45, 2.75) is 18.9 Å². The minimum Gasteiger partial charge on any atom is -0.453 e. The van der Waals surface area contributed by atoms with Crippen molar-refractivity contribution in [3.8, 4) is 11.4 Å². The van der Waals surface area contributed by atoms with E-state index in [2.05, 4.69) is 15.5 Å². The molecule has 2 aliphatic rings. The van der Waals surface area contributed by atoms with Crippen LogP contribution in [0.1, 0.15) is 18.9 Å². The number of thiocarbonyl (C=S) groups is 1. The number of hydrogen-bond acceptors (Lipinski definition) is 8. The number of ether oxygens (including phenoxy) is 2. The van der Waals surface area contributed by atoms with Crippen molar-refractivity contribution in [3.05, 3.63) is 30.5 Å². The molecule has 1 aromatic carbocycles. The maximum atomic E-state index is 11.9. The number of methoxy groups -OCH3 is 1. The molecule has 0 unspecified atom stereocenters. The molecule has 0 saturated carbocycles. The summed E-state index contributed by atoms with van der Waals surface area (Å²) in [6.45, 7) is 4.09. The lowest BCUT2D eigenvalue weighted by molar-refractivity contribution is 0.106. The highest BCUT2D eigenvalue weighted by Gasteiger charge is 2.28. The second-order valence-corrected chi connectivity index (χ2v) is 9.17. The number of aromatic nitrogens is 4. The lowest BCUT2D eigenvalue weighted by atomic mass is 10.1. The van der Waals surface area contributed by atoms with Crippen LogP contribution in [0.15, 0.2) is 30.5 Å². The molecule has 0 radical (unpaired) electrons. The van der Waals surface area contributed by atoms with Gasteiger partial charge in [0.2, 0.25) is 0 Å². The summed E-state index contributed by atoms with van der Waals surface area (Å²) in [7, 11) is 3.20. The number of carbonyl (C=O) groups is 1. The third-order valence-electron chi connectivity index (χ3n) is 6.62. The van der Waals surface area contributed by atoms with E-state index < -0.39 is 0 Å². The van der Waals surface area contributed by atoms with Crippen LogP contribution >= 0.6 is 12.2 Å². The van der Waals surface area contributed by atoms with Crippen molar-refractivity contribution in [1.82, 2.24) is 30.0 Å². The number of benzene rings is 1. The van der Waals surface area contributed by atoms with Crippen LogP contribution in [-0.2, 0) is 9.47 Å². The van der Waals surface area contributed by atoms with Gasteiger partial charge in [0.25, 0.3) is 0 Å². The summed E-state index contributed by atoms with van der Waals surface area (Å²) in [5, 5.41) is 12.3. The van der Waals surface area contributed by atoms with Crippen LogP contribution < -0.4 is 15.5 Å². The second kappa shape index (κ2) is 10.6. The van der Waals surface area contributed by atoms with Gasteiger partial charge in [-0.2, -0.15) is 5.10 Å². The highest BCUT2D eigenvalue weighted by atomic mass is 32.1. The third-order valence-corrected chi connectivity index (χ3v) is 6.92. The van der Waals surface area contributed by atoms with Crippen molar-refractivity contribution in [1.29, 1.82) is 0 Å². The molecule has 2 N–H and O–H groups in total. The van der Waals surface area contributed by atoms with E-state index in [-0.39, 0.29) is 12.1 Å². The van der Waals surface area contributed by atoms with Crippen molar-refractivity contribution in [2.75, 3.05) is 63.8 Å². The highest BCUT2D eigenvalue weighted by molar-refractivity contribution is 7.80. The first kappa shape index (κ1) is 24.2. The Labute approximate surface area is 214 Å². The van der Waals surface area contributed by atoms with E-state index >= 15 is 0 Å². The van der Waals surface area contributed by atoms with Crippen molar-refractivity contribution >= 4 is 46.0 Å². The number of hydrogen-bond donors (Lipinski definition) is 2. The second-order valence-electron chi connectivity index (χ2n) is 8.77. The first-order valence-electron chi connectivity index (χ1n) is 12.1. The molecule has 5 rings (SSSR count). The van der Waals surface area contributed by atoms with Crippen LogP contribution in [0.2, 0.25) is 0 Å². The molecule has 36 heavy (non-hydrogen) atoms. The zero-order valence-corrected chi connectivity index (χ0v) is 21.3. The number of rotatable bonds is 4.